The highest BCUT2D eigenvalue weighted by Crippen LogP contribution is 2.52. The molecule has 1 fully saturated rings. The minimum absolute atomic E-state index is 0.484. The molecule has 0 nitrogen and oxygen atoms in total. The number of benzene rings is 1. The predicted molar refractivity (Wildman–Crippen MR) is 82.3 cm³/mol. The van der Waals surface area contributed by atoms with Crippen LogP contribution >= 0.6 is 11.8 Å². The molecule has 2 rings (SSSR count). The molecule has 0 aromatic heterocycles. The third-order valence-electron chi connectivity index (χ3n) is 5.05. The van der Waals surface area contributed by atoms with Crippen LogP contribution in [-0.4, -0.2) is 5.75 Å². The van der Waals surface area contributed by atoms with Crippen LogP contribution in [-0.2, 0) is 0 Å². The first kappa shape index (κ1) is 14.0. The maximum absolute atomic E-state index is 2.50. The summed E-state index contributed by atoms with van der Waals surface area (Å²) in [5, 5.41) is 0. The first-order chi connectivity index (χ1) is 8.45. The lowest BCUT2D eigenvalue weighted by molar-refractivity contribution is 0.0568. The van der Waals surface area contributed by atoms with Crippen LogP contribution in [0.25, 0.3) is 0 Å². The van der Waals surface area contributed by atoms with E-state index in [2.05, 4.69) is 63.7 Å². The molecule has 0 saturated heterocycles. The SMILES string of the molecule is Cc1ccccc1SC[C@]1(C)CCCCC1(C)C. The van der Waals surface area contributed by atoms with Gasteiger partial charge in [-0.25, -0.2) is 0 Å². The minimum Gasteiger partial charge on any atom is -0.125 e. The Morgan fingerprint density at radius 3 is 2.39 bits per heavy atom. The van der Waals surface area contributed by atoms with E-state index >= 15 is 0 Å². The summed E-state index contributed by atoms with van der Waals surface area (Å²) in [5.74, 6) is 1.25. The van der Waals surface area contributed by atoms with Crippen LogP contribution < -0.4 is 0 Å². The number of thioether (sulfide) groups is 1. The Morgan fingerprint density at radius 2 is 1.72 bits per heavy atom. The summed E-state index contributed by atoms with van der Waals surface area (Å²) in [6.07, 6.45) is 5.60. The van der Waals surface area contributed by atoms with E-state index in [1.807, 2.05) is 0 Å². The standard InChI is InChI=1S/C17H26S/c1-14-9-5-6-10-15(14)18-13-17(4)12-8-7-11-16(17,2)3/h5-6,9-10H,7-8,11-13H2,1-4H3/t17-/m0/s1. The summed E-state index contributed by atoms with van der Waals surface area (Å²) in [4.78, 5) is 1.46. The van der Waals surface area contributed by atoms with Crippen molar-refractivity contribution < 1.29 is 0 Å². The molecular weight excluding hydrogens is 236 g/mol. The molecule has 0 N–H and O–H groups in total. The summed E-state index contributed by atoms with van der Waals surface area (Å²) in [6.45, 7) is 9.64. The molecule has 1 aliphatic rings. The van der Waals surface area contributed by atoms with Gasteiger partial charge in [0.25, 0.3) is 0 Å². The Balaban J connectivity index is 2.07. The molecule has 0 spiro atoms. The second-order valence-electron chi connectivity index (χ2n) is 6.71. The van der Waals surface area contributed by atoms with Gasteiger partial charge in [0.15, 0.2) is 0 Å². The Kier molecular flexibility index (Phi) is 4.11. The highest BCUT2D eigenvalue weighted by atomic mass is 32.2. The lowest BCUT2D eigenvalue weighted by Gasteiger charge is -2.48. The molecular formula is C17H26S. The van der Waals surface area contributed by atoms with E-state index in [0.29, 0.717) is 10.8 Å². The van der Waals surface area contributed by atoms with Gasteiger partial charge >= 0.3 is 0 Å². The molecule has 1 atom stereocenters. The van der Waals surface area contributed by atoms with E-state index in [0.717, 1.165) is 0 Å². The molecule has 1 aromatic carbocycles. The molecule has 0 amide bonds. The first-order valence-electron chi connectivity index (χ1n) is 7.13. The average Bonchev–Trinajstić information content (AvgIpc) is 2.32. The van der Waals surface area contributed by atoms with Gasteiger partial charge in [0.2, 0.25) is 0 Å². The molecule has 0 unspecified atom stereocenters. The van der Waals surface area contributed by atoms with Crippen molar-refractivity contribution in [1.29, 1.82) is 0 Å². The van der Waals surface area contributed by atoms with Gasteiger partial charge in [0, 0.05) is 10.6 Å². The van der Waals surface area contributed by atoms with Crippen molar-refractivity contribution >= 4 is 11.8 Å². The molecule has 1 aromatic rings. The van der Waals surface area contributed by atoms with Crippen molar-refractivity contribution in [3.05, 3.63) is 29.8 Å². The monoisotopic (exact) mass is 262 g/mol. The van der Waals surface area contributed by atoms with Crippen LogP contribution in [0.2, 0.25) is 0 Å². The number of hydrogen-bond acceptors (Lipinski definition) is 1. The van der Waals surface area contributed by atoms with Crippen LogP contribution in [0, 0.1) is 17.8 Å². The third-order valence-corrected chi connectivity index (χ3v) is 6.60. The summed E-state index contributed by atoms with van der Waals surface area (Å²) in [6, 6.07) is 8.77. The topological polar surface area (TPSA) is 0 Å². The van der Waals surface area contributed by atoms with Crippen molar-refractivity contribution in [2.24, 2.45) is 10.8 Å². The van der Waals surface area contributed by atoms with E-state index in [9.17, 15) is 0 Å². The maximum atomic E-state index is 2.50. The van der Waals surface area contributed by atoms with Gasteiger partial charge in [-0.05, 0) is 42.2 Å². The Hall–Kier alpha value is -0.430. The molecule has 100 valence electrons. The number of hydrogen-bond donors (Lipinski definition) is 0. The van der Waals surface area contributed by atoms with Crippen LogP contribution in [0.15, 0.2) is 29.2 Å². The van der Waals surface area contributed by atoms with Crippen molar-refractivity contribution in [3.8, 4) is 0 Å². The molecule has 18 heavy (non-hydrogen) atoms. The van der Waals surface area contributed by atoms with E-state index in [4.69, 9.17) is 0 Å². The van der Waals surface area contributed by atoms with Crippen molar-refractivity contribution in [2.45, 2.75) is 58.3 Å². The van der Waals surface area contributed by atoms with E-state index in [-0.39, 0.29) is 0 Å². The lowest BCUT2D eigenvalue weighted by atomic mass is 9.60. The van der Waals surface area contributed by atoms with Gasteiger partial charge in [0.1, 0.15) is 0 Å². The van der Waals surface area contributed by atoms with Crippen LogP contribution in [0.1, 0.15) is 52.0 Å². The molecule has 1 heteroatoms. The fourth-order valence-electron chi connectivity index (χ4n) is 2.95. The van der Waals surface area contributed by atoms with Gasteiger partial charge in [-0.15, -0.1) is 11.8 Å². The second-order valence-corrected chi connectivity index (χ2v) is 7.72. The fraction of sp³-hybridized carbons (Fsp3) is 0.647. The summed E-state index contributed by atoms with van der Waals surface area (Å²) in [5.41, 5.74) is 2.39. The quantitative estimate of drug-likeness (QED) is 0.630. The van der Waals surface area contributed by atoms with Gasteiger partial charge in [-0.3, -0.25) is 0 Å². The van der Waals surface area contributed by atoms with Gasteiger partial charge < -0.3 is 0 Å². The Bertz CT molecular complexity index is 408. The van der Waals surface area contributed by atoms with E-state index < -0.39 is 0 Å². The summed E-state index contributed by atoms with van der Waals surface area (Å²) >= 11 is 2.05. The average molecular weight is 262 g/mol. The second kappa shape index (κ2) is 5.28. The highest BCUT2D eigenvalue weighted by Gasteiger charge is 2.42. The first-order valence-corrected chi connectivity index (χ1v) is 8.12. The van der Waals surface area contributed by atoms with Crippen molar-refractivity contribution in [1.82, 2.24) is 0 Å². The van der Waals surface area contributed by atoms with Crippen molar-refractivity contribution in [3.63, 3.8) is 0 Å². The van der Waals surface area contributed by atoms with E-state index in [1.165, 1.54) is 41.9 Å². The molecule has 1 saturated carbocycles. The normalized spacial score (nSPS) is 27.1. The van der Waals surface area contributed by atoms with Gasteiger partial charge in [-0.1, -0.05) is 51.8 Å². The highest BCUT2D eigenvalue weighted by molar-refractivity contribution is 7.99. The number of aryl methyl sites for hydroxylation is 1. The maximum Gasteiger partial charge on any atom is 0.0101 e. The lowest BCUT2D eigenvalue weighted by Crippen LogP contribution is -2.40. The van der Waals surface area contributed by atoms with Crippen LogP contribution in [0.3, 0.4) is 0 Å². The van der Waals surface area contributed by atoms with Crippen LogP contribution in [0.5, 0.6) is 0 Å². The zero-order valence-corrected chi connectivity index (χ0v) is 13.1. The molecule has 0 radical (unpaired) electrons. The van der Waals surface area contributed by atoms with Crippen molar-refractivity contribution in [2.75, 3.05) is 5.75 Å². The Morgan fingerprint density at radius 1 is 1.06 bits per heavy atom. The Labute approximate surface area is 117 Å². The summed E-state index contributed by atoms with van der Waals surface area (Å²) < 4.78 is 0. The molecule has 0 aliphatic heterocycles. The zero-order valence-electron chi connectivity index (χ0n) is 12.3. The smallest absolute Gasteiger partial charge is 0.0101 e. The van der Waals surface area contributed by atoms with Gasteiger partial charge in [0.05, 0.1) is 0 Å². The fourth-order valence-corrected chi connectivity index (χ4v) is 4.42. The van der Waals surface area contributed by atoms with Crippen LogP contribution in [0.4, 0.5) is 0 Å². The van der Waals surface area contributed by atoms with Gasteiger partial charge in [-0.2, -0.15) is 0 Å². The summed E-state index contributed by atoms with van der Waals surface area (Å²) in [7, 11) is 0. The largest absolute Gasteiger partial charge is 0.125 e. The minimum atomic E-state index is 0.484. The van der Waals surface area contributed by atoms with E-state index in [1.54, 1.807) is 0 Å². The zero-order chi connectivity index (χ0) is 13.2. The number of rotatable bonds is 3. The molecule has 1 aliphatic carbocycles. The third kappa shape index (κ3) is 2.77. The molecule has 0 heterocycles. The molecule has 0 bridgehead atoms. The predicted octanol–water partition coefficient (Wildman–Crippen LogP) is 5.69.